The van der Waals surface area contributed by atoms with Crippen molar-refractivity contribution >= 4 is 12.4 Å². The monoisotopic (exact) mass is 552 g/mol. The maximum atomic E-state index is 13.5. The quantitative estimate of drug-likeness (QED) is 0.366. The number of hydrogen-bond donors (Lipinski definition) is 2. The third-order valence-corrected chi connectivity index (χ3v) is 14.3. The van der Waals surface area contributed by atoms with Crippen molar-refractivity contribution in [3.8, 4) is 0 Å². The van der Waals surface area contributed by atoms with Crippen molar-refractivity contribution in [3.05, 3.63) is 76.4 Å². The maximum absolute atomic E-state index is 13.5. The molecule has 1 aromatic carbocycles. The number of benzene rings is 1. The first kappa shape index (κ1) is 32.0. The molecular formula is C36H57O2P. The Labute approximate surface area is 240 Å². The van der Waals surface area contributed by atoms with Gasteiger partial charge in [-0.15, -0.1) is 0 Å². The van der Waals surface area contributed by atoms with Gasteiger partial charge in [-0.3, -0.25) is 0 Å². The third kappa shape index (κ3) is 5.31. The normalized spacial score (nSPS) is 26.6. The number of rotatable bonds is 3. The topological polar surface area (TPSA) is 40.5 Å². The van der Waals surface area contributed by atoms with Crippen molar-refractivity contribution in [1.29, 1.82) is 0 Å². The van der Waals surface area contributed by atoms with Crippen molar-refractivity contribution in [2.24, 2.45) is 32.5 Å². The van der Waals surface area contributed by atoms with E-state index >= 15 is 0 Å². The van der Waals surface area contributed by atoms with Crippen LogP contribution in [0.4, 0.5) is 0 Å². The van der Waals surface area contributed by atoms with E-state index in [0.29, 0.717) is 5.30 Å². The van der Waals surface area contributed by atoms with E-state index in [-0.39, 0.29) is 32.5 Å². The van der Waals surface area contributed by atoms with Gasteiger partial charge in [-0.25, -0.2) is 0 Å². The van der Waals surface area contributed by atoms with E-state index in [9.17, 15) is 9.79 Å². The Morgan fingerprint density at radius 3 is 1.21 bits per heavy atom. The Balaban J connectivity index is 2.53. The zero-order chi connectivity index (χ0) is 30.1. The van der Waals surface area contributed by atoms with Crippen LogP contribution in [-0.2, 0) is 0 Å². The van der Waals surface area contributed by atoms with Crippen molar-refractivity contribution in [1.82, 2.24) is 0 Å². The standard InChI is InChI=1S/C36H57O2P/c1-31(2,3)27-24-35(13,33(7,8)9)22-20-29(27)39(37,38,26-18-16-15-17-19-26)30-21-23-36(14,34(10,11)12)25-28(30)32(4,5)6/h15-23,37-38H,24-25H2,1-14H3. The van der Waals surface area contributed by atoms with Crippen LogP contribution in [-0.4, -0.2) is 9.79 Å². The summed E-state index contributed by atoms with van der Waals surface area (Å²) in [6.45, 7) is 31.7. The van der Waals surface area contributed by atoms with Crippen LogP contribution in [0.3, 0.4) is 0 Å². The number of hydrogen-bond acceptors (Lipinski definition) is 2. The van der Waals surface area contributed by atoms with E-state index in [1.54, 1.807) is 0 Å². The predicted molar refractivity (Wildman–Crippen MR) is 173 cm³/mol. The fourth-order valence-electron chi connectivity index (χ4n) is 6.00. The summed E-state index contributed by atoms with van der Waals surface area (Å²) in [7, 11) is -4.85. The van der Waals surface area contributed by atoms with Gasteiger partial charge in [-0.05, 0) is 0 Å². The van der Waals surface area contributed by atoms with Crippen LogP contribution in [0.5, 0.6) is 0 Å². The molecule has 2 N–H and O–H groups in total. The van der Waals surface area contributed by atoms with E-state index in [2.05, 4.69) is 121 Å². The molecule has 0 heterocycles. The molecule has 0 aromatic heterocycles. The van der Waals surface area contributed by atoms with Gasteiger partial charge in [0.05, 0.1) is 0 Å². The molecule has 0 saturated heterocycles. The molecule has 2 atom stereocenters. The first-order chi connectivity index (χ1) is 17.3. The van der Waals surface area contributed by atoms with Gasteiger partial charge in [-0.2, -0.15) is 0 Å². The first-order valence-corrected chi connectivity index (χ1v) is 16.9. The SMILES string of the molecule is CC(C)(C)C1=C(P(O)(O)(C2=C(C(C)(C)C)CC(C)(C(C)(C)C)C=C2)c2ccccc2)C=CC(C)(C(C)(C)C)C1. The molecule has 0 spiro atoms. The summed E-state index contributed by atoms with van der Waals surface area (Å²) in [5, 5.41) is 2.06. The van der Waals surface area contributed by atoms with E-state index in [4.69, 9.17) is 0 Å². The minimum absolute atomic E-state index is 0.0226. The molecule has 0 saturated carbocycles. The van der Waals surface area contributed by atoms with E-state index in [1.165, 1.54) is 0 Å². The van der Waals surface area contributed by atoms with Crippen LogP contribution < -0.4 is 5.30 Å². The van der Waals surface area contributed by atoms with Crippen LogP contribution in [0.25, 0.3) is 0 Å². The summed E-state index contributed by atoms with van der Waals surface area (Å²) in [6.07, 6.45) is 10.3. The van der Waals surface area contributed by atoms with Gasteiger partial charge in [0.2, 0.25) is 0 Å². The van der Waals surface area contributed by atoms with Crippen LogP contribution in [0, 0.1) is 32.5 Å². The molecule has 0 amide bonds. The van der Waals surface area contributed by atoms with Crippen LogP contribution in [0.15, 0.2) is 76.4 Å². The average Bonchev–Trinajstić information content (AvgIpc) is 2.77. The molecule has 1 aromatic rings. The summed E-state index contributed by atoms with van der Waals surface area (Å²) in [4.78, 5) is 27.0. The summed E-state index contributed by atoms with van der Waals surface area (Å²) >= 11 is 0. The Hall–Kier alpha value is -1.47. The summed E-state index contributed by atoms with van der Waals surface area (Å²) in [5.74, 6) is 0. The second-order valence-corrected chi connectivity index (χ2v) is 20.5. The zero-order valence-electron chi connectivity index (χ0n) is 27.5. The van der Waals surface area contributed by atoms with Crippen LogP contribution in [0.2, 0.25) is 0 Å². The second kappa shape index (κ2) is 9.27. The van der Waals surface area contributed by atoms with Gasteiger partial charge < -0.3 is 0 Å². The summed E-state index contributed by atoms with van der Waals surface area (Å²) in [5.41, 5.74) is 1.65. The van der Waals surface area contributed by atoms with Gasteiger partial charge >= 0.3 is 241 Å². The van der Waals surface area contributed by atoms with Crippen LogP contribution in [0.1, 0.15) is 110 Å². The molecule has 0 aliphatic heterocycles. The van der Waals surface area contributed by atoms with Gasteiger partial charge in [-0.1, -0.05) is 0 Å². The van der Waals surface area contributed by atoms with Gasteiger partial charge in [0, 0.05) is 0 Å². The molecular weight excluding hydrogens is 495 g/mol. The third-order valence-electron chi connectivity index (χ3n) is 10.3. The average molecular weight is 553 g/mol. The predicted octanol–water partition coefficient (Wildman–Crippen LogP) is 10.3. The van der Waals surface area contributed by atoms with Gasteiger partial charge in [0.1, 0.15) is 0 Å². The number of allylic oxidation sites excluding steroid dienone is 8. The van der Waals surface area contributed by atoms with E-state index in [0.717, 1.165) is 34.6 Å². The van der Waals surface area contributed by atoms with Crippen molar-refractivity contribution < 1.29 is 9.79 Å². The van der Waals surface area contributed by atoms with Crippen molar-refractivity contribution in [2.45, 2.75) is 110 Å². The Bertz CT molecular complexity index is 1150. The van der Waals surface area contributed by atoms with Gasteiger partial charge in [0.25, 0.3) is 0 Å². The summed E-state index contributed by atoms with van der Waals surface area (Å²) < 4.78 is 0. The molecule has 2 aliphatic rings. The Morgan fingerprint density at radius 2 is 0.923 bits per heavy atom. The molecule has 0 bridgehead atoms. The van der Waals surface area contributed by atoms with E-state index in [1.807, 2.05) is 30.3 Å². The summed E-state index contributed by atoms with van der Waals surface area (Å²) in [6, 6.07) is 9.69. The molecule has 2 aliphatic carbocycles. The molecule has 39 heavy (non-hydrogen) atoms. The minimum atomic E-state index is -4.85. The zero-order valence-corrected chi connectivity index (χ0v) is 28.3. The fourth-order valence-corrected chi connectivity index (χ4v) is 10.1. The Kier molecular flexibility index (Phi) is 7.62. The van der Waals surface area contributed by atoms with Gasteiger partial charge in [0.15, 0.2) is 0 Å². The molecule has 218 valence electrons. The van der Waals surface area contributed by atoms with Crippen molar-refractivity contribution in [2.75, 3.05) is 0 Å². The molecule has 0 fully saturated rings. The second-order valence-electron chi connectivity index (χ2n) is 16.9. The molecule has 0 radical (unpaired) electrons. The molecule has 2 unspecified atom stereocenters. The fraction of sp³-hybridized carbons (Fsp3) is 0.611. The Morgan fingerprint density at radius 1 is 0.590 bits per heavy atom. The molecule has 3 heteroatoms. The molecule has 3 rings (SSSR count). The first-order valence-electron chi connectivity index (χ1n) is 14.7. The van der Waals surface area contributed by atoms with Crippen molar-refractivity contribution in [3.63, 3.8) is 0 Å². The van der Waals surface area contributed by atoms with Crippen LogP contribution >= 0.6 is 7.06 Å². The van der Waals surface area contributed by atoms with E-state index < -0.39 is 7.06 Å². The molecule has 2 nitrogen and oxygen atoms in total.